The van der Waals surface area contributed by atoms with Gasteiger partial charge in [-0.25, -0.2) is 0 Å². The molecule has 1 saturated carbocycles. The quantitative estimate of drug-likeness (QED) is 0.314. The molecule has 5 rings (SSSR count). The van der Waals surface area contributed by atoms with Crippen LogP contribution < -0.4 is 5.73 Å². The molecule has 2 fully saturated rings. The molecule has 234 valence electrons. The van der Waals surface area contributed by atoms with Crippen molar-refractivity contribution in [2.24, 2.45) is 17.6 Å². The van der Waals surface area contributed by atoms with Gasteiger partial charge in [-0.15, -0.1) is 0 Å². The first-order valence-electron chi connectivity index (χ1n) is 14.0. The second-order valence-electron chi connectivity index (χ2n) is 12.1. The number of likely N-dealkylation sites (N-methyl/N-ethyl adjacent to an activating group) is 3. The van der Waals surface area contributed by atoms with Crippen LogP contribution in [0.1, 0.15) is 41.6 Å². The Morgan fingerprint density at radius 3 is 2.40 bits per heavy atom. The van der Waals surface area contributed by atoms with Crippen molar-refractivity contribution < 1.29 is 48.0 Å². The molecule has 1 heterocycles. The van der Waals surface area contributed by atoms with Crippen LogP contribution in [-0.4, -0.2) is 112 Å². The molecule has 1 aliphatic heterocycles. The molecule has 5 atom stereocenters. The number of nitrogens with zero attached hydrogens (tertiary/aromatic N) is 3. The van der Waals surface area contributed by atoms with Crippen LogP contribution in [0.5, 0.6) is 5.75 Å². The Kier molecular flexibility index (Phi) is 7.44. The zero-order valence-electron chi connectivity index (χ0n) is 24.2. The van der Waals surface area contributed by atoms with Crippen molar-refractivity contribution in [3.05, 3.63) is 45.2 Å². The summed E-state index contributed by atoms with van der Waals surface area (Å²) < 4.78 is 44.8. The molecule has 6 N–H and O–H groups in total. The molecule has 1 amide bonds. The van der Waals surface area contributed by atoms with Crippen LogP contribution in [0.2, 0.25) is 0 Å². The zero-order chi connectivity index (χ0) is 31.9. The highest BCUT2D eigenvalue weighted by Crippen LogP contribution is 2.55. The second-order valence-corrected chi connectivity index (χ2v) is 12.1. The van der Waals surface area contributed by atoms with Gasteiger partial charge in [0.25, 0.3) is 5.91 Å². The molecule has 11 nitrogen and oxygen atoms in total. The summed E-state index contributed by atoms with van der Waals surface area (Å²) in [4.78, 5) is 44.4. The van der Waals surface area contributed by atoms with E-state index in [9.17, 15) is 48.0 Å². The minimum Gasteiger partial charge on any atom is -0.508 e. The number of halogens is 3. The number of phenols is 1. The molecule has 0 radical (unpaired) electrons. The number of Topliss-reactive ketones (excluding diaryl/α,β-unsaturated/α-hetero) is 2. The third-order valence-corrected chi connectivity index (χ3v) is 9.50. The summed E-state index contributed by atoms with van der Waals surface area (Å²) in [7, 11) is 4.68. The van der Waals surface area contributed by atoms with Crippen LogP contribution in [0.3, 0.4) is 0 Å². The van der Waals surface area contributed by atoms with Gasteiger partial charge < -0.3 is 31.1 Å². The summed E-state index contributed by atoms with van der Waals surface area (Å²) in [5.74, 6) is -9.00. The summed E-state index contributed by atoms with van der Waals surface area (Å²) in [5, 5.41) is 45.1. The van der Waals surface area contributed by atoms with Gasteiger partial charge in [0, 0.05) is 37.2 Å². The molecule has 1 aromatic carbocycles. The van der Waals surface area contributed by atoms with Crippen LogP contribution in [0, 0.1) is 11.8 Å². The fourth-order valence-electron chi connectivity index (χ4n) is 7.57. The van der Waals surface area contributed by atoms with E-state index < -0.39 is 105 Å². The van der Waals surface area contributed by atoms with Gasteiger partial charge in [-0.05, 0) is 63.6 Å². The lowest BCUT2D eigenvalue weighted by molar-refractivity contribution is -0.153. The number of aromatic hydroxyl groups is 1. The number of alkyl halides is 3. The minimum atomic E-state index is -4.90. The summed E-state index contributed by atoms with van der Waals surface area (Å²) in [6.45, 7) is 3.71. The topological polar surface area (TPSA) is 168 Å². The lowest BCUT2D eigenvalue weighted by atomic mass is 9.57. The first-order chi connectivity index (χ1) is 20.0. The maximum absolute atomic E-state index is 14.9. The molecule has 0 bridgehead atoms. The Balaban J connectivity index is 1.75. The van der Waals surface area contributed by atoms with Crippen molar-refractivity contribution in [3.63, 3.8) is 0 Å². The number of aliphatic hydroxyl groups is 3. The van der Waals surface area contributed by atoms with Gasteiger partial charge in [0.15, 0.2) is 11.4 Å². The number of amides is 1. The number of aliphatic hydroxyl groups excluding tert-OH is 2. The maximum atomic E-state index is 14.9. The molecule has 0 spiro atoms. The minimum absolute atomic E-state index is 0.155. The number of benzene rings is 1. The number of phenolic OH excluding ortho intramolecular Hbond substituents is 1. The number of fused-ring (bicyclic) bond motifs is 3. The highest BCUT2D eigenvalue weighted by molar-refractivity contribution is 6.24. The third kappa shape index (κ3) is 4.45. The molecule has 0 aromatic heterocycles. The van der Waals surface area contributed by atoms with Crippen LogP contribution in [0.15, 0.2) is 23.0 Å². The van der Waals surface area contributed by atoms with E-state index in [4.69, 9.17) is 5.73 Å². The largest absolute Gasteiger partial charge is 0.508 e. The number of nitrogens with two attached hydrogens (primary N) is 1. The molecule has 43 heavy (non-hydrogen) atoms. The number of hydrogen-bond acceptors (Lipinski definition) is 10. The average Bonchev–Trinajstić information content (AvgIpc) is 2.89. The highest BCUT2D eigenvalue weighted by Gasteiger charge is 2.64. The van der Waals surface area contributed by atoms with Gasteiger partial charge in [-0.3, -0.25) is 24.2 Å². The Hall–Kier alpha value is -3.46. The van der Waals surface area contributed by atoms with Crippen molar-refractivity contribution in [3.8, 4) is 5.75 Å². The number of piperazine rings is 1. The first kappa shape index (κ1) is 31.0. The summed E-state index contributed by atoms with van der Waals surface area (Å²) in [5.41, 5.74) is -1.17. The number of primary amides is 1. The molecule has 1 aromatic rings. The lowest BCUT2D eigenvalue weighted by Gasteiger charge is -2.50. The molecule has 1 unspecified atom stereocenters. The van der Waals surface area contributed by atoms with Gasteiger partial charge >= 0.3 is 6.18 Å². The second kappa shape index (κ2) is 10.3. The molecule has 1 saturated heterocycles. The normalized spacial score (nSPS) is 30.4. The smallest absolute Gasteiger partial charge is 0.417 e. The van der Waals surface area contributed by atoms with Crippen molar-refractivity contribution >= 4 is 23.2 Å². The monoisotopic (exact) mass is 608 g/mol. The molecule has 4 aliphatic rings. The van der Waals surface area contributed by atoms with E-state index >= 15 is 0 Å². The van der Waals surface area contributed by atoms with E-state index in [-0.39, 0.29) is 18.5 Å². The summed E-state index contributed by atoms with van der Waals surface area (Å²) >= 11 is 0. The van der Waals surface area contributed by atoms with Crippen molar-refractivity contribution in [2.75, 3.05) is 47.3 Å². The van der Waals surface area contributed by atoms with E-state index in [0.29, 0.717) is 19.6 Å². The van der Waals surface area contributed by atoms with Gasteiger partial charge in [0.2, 0.25) is 5.78 Å². The molecule has 3 aliphatic carbocycles. The van der Waals surface area contributed by atoms with Crippen molar-refractivity contribution in [1.82, 2.24) is 14.7 Å². The van der Waals surface area contributed by atoms with Gasteiger partial charge in [0.05, 0.1) is 17.2 Å². The number of rotatable bonds is 4. The van der Waals surface area contributed by atoms with E-state index in [1.165, 1.54) is 19.0 Å². The Bertz CT molecular complexity index is 1490. The predicted octanol–water partition coefficient (Wildman–Crippen LogP) is 1.29. The van der Waals surface area contributed by atoms with E-state index in [1.807, 2.05) is 16.7 Å². The van der Waals surface area contributed by atoms with Gasteiger partial charge in [-0.1, -0.05) is 6.92 Å². The first-order valence-corrected chi connectivity index (χ1v) is 14.0. The standard InChI is InChI=1S/C29H35F3N4O7/c1-5-36-7-6-35(4)11-16(36)13-10-17(37)19-14(21(13)29(30,31)32)8-12-9-15-22(34(2)3)24(39)20(27(33)42)26(41)28(15,43)25(40)18(12)23(19)38/h10,12,15-16,22,37-38,41,43H,5-9,11H2,1-4H3,(H2,33,42)/t12-,15-,16?,22-,28-/m0/s1. The average molecular weight is 609 g/mol. The van der Waals surface area contributed by atoms with Crippen LogP contribution >= 0.6 is 0 Å². The molecular weight excluding hydrogens is 573 g/mol. The van der Waals surface area contributed by atoms with Crippen LogP contribution in [0.25, 0.3) is 5.76 Å². The van der Waals surface area contributed by atoms with Crippen LogP contribution in [-0.2, 0) is 27.0 Å². The van der Waals surface area contributed by atoms with E-state index in [1.54, 1.807) is 7.05 Å². The summed E-state index contributed by atoms with van der Waals surface area (Å²) in [6.07, 6.45) is -5.65. The Labute approximate surface area is 245 Å². The lowest BCUT2D eigenvalue weighted by Crippen LogP contribution is -2.65. The van der Waals surface area contributed by atoms with Gasteiger partial charge in [-0.2, -0.15) is 13.2 Å². The number of ketones is 2. The SMILES string of the molecule is CCN1CCN(C)CC1c1cc(O)c2c(c1C(F)(F)F)C[C@H]1C[C@H]3[C@H](N(C)C)C(=O)C(C(N)=O)=C(O)[C@@]3(O)C(=O)C1=C2O. The zero-order valence-corrected chi connectivity index (χ0v) is 24.2. The number of carbonyl (C=O) groups excluding carboxylic acids is 3. The summed E-state index contributed by atoms with van der Waals surface area (Å²) in [6, 6.07) is -1.08. The molecule has 14 heteroatoms. The Morgan fingerprint density at radius 2 is 1.84 bits per heavy atom. The Morgan fingerprint density at radius 1 is 1.19 bits per heavy atom. The number of hydrogen-bond donors (Lipinski definition) is 5. The van der Waals surface area contributed by atoms with Crippen molar-refractivity contribution in [1.29, 1.82) is 0 Å². The fraction of sp³-hybridized carbons (Fsp3) is 0.552. The maximum Gasteiger partial charge on any atom is 0.417 e. The van der Waals surface area contributed by atoms with Crippen LogP contribution in [0.4, 0.5) is 13.2 Å². The van der Waals surface area contributed by atoms with E-state index in [0.717, 1.165) is 6.07 Å². The fourth-order valence-corrected chi connectivity index (χ4v) is 7.57. The molecular formula is C29H35F3N4O7. The van der Waals surface area contributed by atoms with Crippen molar-refractivity contribution in [2.45, 2.75) is 43.6 Å². The predicted molar refractivity (Wildman–Crippen MR) is 147 cm³/mol. The number of carbonyl (C=O) groups is 3. The third-order valence-electron chi connectivity index (χ3n) is 9.50. The van der Waals surface area contributed by atoms with E-state index in [2.05, 4.69) is 0 Å². The van der Waals surface area contributed by atoms with Gasteiger partial charge in [0.1, 0.15) is 22.8 Å². The highest BCUT2D eigenvalue weighted by atomic mass is 19.4.